The van der Waals surface area contributed by atoms with Crippen LogP contribution in [0.1, 0.15) is 15.9 Å². The zero-order valence-electron chi connectivity index (χ0n) is 14.4. The Morgan fingerprint density at radius 3 is 2.38 bits per heavy atom. The lowest BCUT2D eigenvalue weighted by molar-refractivity contribution is 0.104. The van der Waals surface area contributed by atoms with Gasteiger partial charge in [0.25, 0.3) is 0 Å². The molecule has 0 saturated heterocycles. The Bertz CT molecular complexity index is 929. The average Bonchev–Trinajstić information content (AvgIpc) is 3.20. The van der Waals surface area contributed by atoms with E-state index in [-0.39, 0.29) is 11.6 Å². The fraction of sp³-hybridized carbons (Fsp3) is 0.0952. The number of thiophene rings is 1. The van der Waals surface area contributed by atoms with Gasteiger partial charge in [-0.3, -0.25) is 4.79 Å². The fourth-order valence-electron chi connectivity index (χ4n) is 2.57. The largest absolute Gasteiger partial charge is 0.496 e. The molecule has 3 nitrogen and oxygen atoms in total. The van der Waals surface area contributed by atoms with E-state index in [1.165, 1.54) is 30.3 Å². The van der Waals surface area contributed by atoms with E-state index in [9.17, 15) is 9.18 Å². The van der Waals surface area contributed by atoms with Crippen molar-refractivity contribution in [1.29, 1.82) is 0 Å². The second-order valence-corrected chi connectivity index (χ2v) is 6.29. The summed E-state index contributed by atoms with van der Waals surface area (Å²) in [5, 5.41) is 4.03. The smallest absolute Gasteiger partial charge is 0.185 e. The first-order valence-electron chi connectivity index (χ1n) is 7.89. The highest BCUT2D eigenvalue weighted by atomic mass is 32.1. The number of halogens is 1. The molecule has 1 aromatic heterocycles. The number of allylic oxidation sites excluding steroid dienone is 1. The molecule has 0 aliphatic rings. The second-order valence-electron chi connectivity index (χ2n) is 5.51. The average molecular weight is 368 g/mol. The summed E-state index contributed by atoms with van der Waals surface area (Å²) >= 11 is 1.60. The van der Waals surface area contributed by atoms with Crippen molar-refractivity contribution in [3.05, 3.63) is 76.2 Å². The van der Waals surface area contributed by atoms with E-state index < -0.39 is 0 Å². The highest BCUT2D eigenvalue weighted by molar-refractivity contribution is 7.08. The number of rotatable bonds is 6. The Hall–Kier alpha value is -2.92. The summed E-state index contributed by atoms with van der Waals surface area (Å²) in [6.45, 7) is 0. The van der Waals surface area contributed by atoms with Crippen LogP contribution >= 0.6 is 11.3 Å². The third-order valence-corrected chi connectivity index (χ3v) is 4.61. The Morgan fingerprint density at radius 1 is 1.04 bits per heavy atom. The Morgan fingerprint density at radius 2 is 1.77 bits per heavy atom. The number of benzene rings is 2. The van der Waals surface area contributed by atoms with Crippen LogP contribution in [0.5, 0.6) is 11.5 Å². The Balaban J connectivity index is 1.94. The van der Waals surface area contributed by atoms with Crippen molar-refractivity contribution in [2.45, 2.75) is 0 Å². The lowest BCUT2D eigenvalue weighted by Gasteiger charge is -2.12. The maximum atomic E-state index is 13.0. The molecular formula is C21H17FO3S. The zero-order valence-corrected chi connectivity index (χ0v) is 15.2. The normalized spacial score (nSPS) is 10.9. The number of carbonyl (C=O) groups excluding carboxylic acids is 1. The molecule has 132 valence electrons. The third-order valence-electron chi connectivity index (χ3n) is 3.93. The maximum Gasteiger partial charge on any atom is 0.185 e. The van der Waals surface area contributed by atoms with Gasteiger partial charge in [0.2, 0.25) is 0 Å². The number of methoxy groups -OCH3 is 2. The molecule has 2 aromatic carbocycles. The van der Waals surface area contributed by atoms with Crippen molar-refractivity contribution in [2.24, 2.45) is 0 Å². The Labute approximate surface area is 155 Å². The first-order valence-corrected chi connectivity index (χ1v) is 8.83. The Kier molecular flexibility index (Phi) is 5.49. The van der Waals surface area contributed by atoms with Crippen LogP contribution in [0.3, 0.4) is 0 Å². The van der Waals surface area contributed by atoms with Crippen LogP contribution in [0.15, 0.2) is 59.3 Å². The molecule has 0 aliphatic carbocycles. The molecule has 26 heavy (non-hydrogen) atoms. The molecule has 0 spiro atoms. The number of ether oxygens (including phenoxy) is 2. The van der Waals surface area contributed by atoms with Crippen molar-refractivity contribution < 1.29 is 18.7 Å². The zero-order chi connectivity index (χ0) is 18.5. The molecule has 0 atom stereocenters. The first-order chi connectivity index (χ1) is 12.6. The first kappa shape index (κ1) is 17.9. The minimum atomic E-state index is -0.374. The van der Waals surface area contributed by atoms with Gasteiger partial charge in [0, 0.05) is 16.7 Å². The number of hydrogen-bond donors (Lipinski definition) is 0. The van der Waals surface area contributed by atoms with Crippen LogP contribution in [0.4, 0.5) is 4.39 Å². The van der Waals surface area contributed by atoms with Crippen molar-refractivity contribution in [3.8, 4) is 22.6 Å². The molecule has 0 aliphatic heterocycles. The van der Waals surface area contributed by atoms with Crippen LogP contribution in [0, 0.1) is 5.82 Å². The molecule has 0 unspecified atom stereocenters. The molecule has 5 heteroatoms. The van der Waals surface area contributed by atoms with Crippen LogP contribution < -0.4 is 9.47 Å². The van der Waals surface area contributed by atoms with Gasteiger partial charge in [0.05, 0.1) is 14.2 Å². The summed E-state index contributed by atoms with van der Waals surface area (Å²) in [6, 6.07) is 11.2. The summed E-state index contributed by atoms with van der Waals surface area (Å²) < 4.78 is 24.0. The fourth-order valence-corrected chi connectivity index (χ4v) is 3.23. The van der Waals surface area contributed by atoms with Gasteiger partial charge < -0.3 is 9.47 Å². The summed E-state index contributed by atoms with van der Waals surface area (Å²) in [7, 11) is 3.19. The number of hydrogen-bond acceptors (Lipinski definition) is 4. The minimum absolute atomic E-state index is 0.215. The van der Waals surface area contributed by atoms with E-state index in [0.29, 0.717) is 17.1 Å². The van der Waals surface area contributed by atoms with Crippen molar-refractivity contribution in [1.82, 2.24) is 0 Å². The lowest BCUT2D eigenvalue weighted by atomic mass is 10.0. The van der Waals surface area contributed by atoms with Crippen molar-refractivity contribution in [2.75, 3.05) is 14.2 Å². The molecule has 0 amide bonds. The monoisotopic (exact) mass is 368 g/mol. The van der Waals surface area contributed by atoms with Crippen LogP contribution in [0.25, 0.3) is 17.2 Å². The summed E-state index contributed by atoms with van der Waals surface area (Å²) in [4.78, 5) is 12.3. The predicted molar refractivity (Wildman–Crippen MR) is 103 cm³/mol. The molecule has 0 fully saturated rings. The summed E-state index contributed by atoms with van der Waals surface area (Å²) in [6.07, 6.45) is 3.11. The van der Waals surface area contributed by atoms with Gasteiger partial charge in [-0.15, -0.1) is 0 Å². The minimum Gasteiger partial charge on any atom is -0.496 e. The van der Waals surface area contributed by atoms with Crippen LogP contribution in [-0.2, 0) is 0 Å². The molecule has 0 bridgehead atoms. The highest BCUT2D eigenvalue weighted by Crippen LogP contribution is 2.37. The lowest BCUT2D eigenvalue weighted by Crippen LogP contribution is -1.96. The van der Waals surface area contributed by atoms with E-state index in [1.807, 2.05) is 29.0 Å². The molecular weight excluding hydrogens is 351 g/mol. The quantitative estimate of drug-likeness (QED) is 0.428. The topological polar surface area (TPSA) is 35.5 Å². The van der Waals surface area contributed by atoms with E-state index in [4.69, 9.17) is 9.47 Å². The van der Waals surface area contributed by atoms with Gasteiger partial charge in [-0.1, -0.05) is 0 Å². The van der Waals surface area contributed by atoms with Crippen molar-refractivity contribution >= 4 is 23.2 Å². The van der Waals surface area contributed by atoms with Gasteiger partial charge >= 0.3 is 0 Å². The van der Waals surface area contributed by atoms with Gasteiger partial charge in [0.15, 0.2) is 5.78 Å². The molecule has 0 radical (unpaired) electrons. The maximum absolute atomic E-state index is 13.0. The van der Waals surface area contributed by atoms with E-state index in [0.717, 1.165) is 16.7 Å². The molecule has 3 rings (SSSR count). The highest BCUT2D eigenvalue weighted by Gasteiger charge is 2.12. The standard InChI is InChI=1S/C21H17FO3S/c1-24-20-12-18(16-9-10-26-13-16)21(25-2)11-15(20)5-8-19(23)14-3-6-17(22)7-4-14/h3-13H,1-2H3/b8-5+. The molecule has 3 aromatic rings. The predicted octanol–water partition coefficient (Wildman–Crippen LogP) is 5.47. The van der Waals surface area contributed by atoms with Gasteiger partial charge in [-0.25, -0.2) is 4.39 Å². The van der Waals surface area contributed by atoms with Crippen LogP contribution in [0.2, 0.25) is 0 Å². The molecule has 0 N–H and O–H groups in total. The second kappa shape index (κ2) is 7.97. The van der Waals surface area contributed by atoms with Gasteiger partial charge in [-0.2, -0.15) is 11.3 Å². The van der Waals surface area contributed by atoms with Gasteiger partial charge in [0.1, 0.15) is 17.3 Å². The molecule has 0 saturated carbocycles. The number of ketones is 1. The van der Waals surface area contributed by atoms with Crippen LogP contribution in [-0.4, -0.2) is 20.0 Å². The van der Waals surface area contributed by atoms with E-state index in [1.54, 1.807) is 31.6 Å². The van der Waals surface area contributed by atoms with E-state index >= 15 is 0 Å². The molecule has 1 heterocycles. The SMILES string of the molecule is COc1cc(-c2ccsc2)c(OC)cc1/C=C/C(=O)c1ccc(F)cc1. The van der Waals surface area contributed by atoms with Crippen molar-refractivity contribution in [3.63, 3.8) is 0 Å². The number of carbonyl (C=O) groups is 1. The van der Waals surface area contributed by atoms with E-state index in [2.05, 4.69) is 0 Å². The third kappa shape index (κ3) is 3.83. The summed E-state index contributed by atoms with van der Waals surface area (Å²) in [5.41, 5.74) is 3.11. The van der Waals surface area contributed by atoms with Gasteiger partial charge in [-0.05, 0) is 70.9 Å². The summed E-state index contributed by atoms with van der Waals surface area (Å²) in [5.74, 6) is 0.738.